The number of hydrogen-bond donors (Lipinski definition) is 3. The number of aromatic hydroxyl groups is 2. The van der Waals surface area contributed by atoms with E-state index in [9.17, 15) is 18.6 Å². The summed E-state index contributed by atoms with van der Waals surface area (Å²) in [6.07, 6.45) is 6.25. The van der Waals surface area contributed by atoms with Gasteiger partial charge in [0.1, 0.15) is 0 Å². The summed E-state index contributed by atoms with van der Waals surface area (Å²) in [4.78, 5) is 0.359. The smallest absolute Gasteiger partial charge is 0.217 e. The highest BCUT2D eigenvalue weighted by Crippen LogP contribution is 2.38. The van der Waals surface area contributed by atoms with Crippen LogP contribution in [0.3, 0.4) is 0 Å². The highest BCUT2D eigenvalue weighted by atomic mass is 32.2. The molecule has 1 aromatic rings. The molecule has 5 nitrogen and oxygen atoms in total. The SMILES string of the molecule is CC1=CC(=S(=O)=O)C(C2CNCCc3cc(O)c(O)cc32)C=C1. The van der Waals surface area contributed by atoms with E-state index in [4.69, 9.17) is 0 Å². The van der Waals surface area contributed by atoms with Crippen LogP contribution in [0.5, 0.6) is 11.5 Å². The van der Waals surface area contributed by atoms with Crippen LogP contribution >= 0.6 is 0 Å². The summed E-state index contributed by atoms with van der Waals surface area (Å²) >= 11 is 0. The van der Waals surface area contributed by atoms with Crippen molar-refractivity contribution in [3.8, 4) is 11.5 Å². The molecule has 0 bridgehead atoms. The van der Waals surface area contributed by atoms with Gasteiger partial charge in [-0.3, -0.25) is 0 Å². The number of hydrogen-bond acceptors (Lipinski definition) is 5. The van der Waals surface area contributed by atoms with E-state index in [-0.39, 0.29) is 23.3 Å². The quantitative estimate of drug-likeness (QED) is 0.536. The molecule has 2 unspecified atom stereocenters. The molecule has 3 N–H and O–H groups in total. The van der Waals surface area contributed by atoms with Gasteiger partial charge in [0.25, 0.3) is 0 Å². The number of rotatable bonds is 1. The average Bonchev–Trinajstić information content (AvgIpc) is 2.70. The minimum atomic E-state index is -2.30. The predicted octanol–water partition coefficient (Wildman–Crippen LogP) is 1.51. The average molecular weight is 333 g/mol. The first-order chi connectivity index (χ1) is 11.0. The molecular weight excluding hydrogens is 314 g/mol. The van der Waals surface area contributed by atoms with Gasteiger partial charge >= 0.3 is 0 Å². The van der Waals surface area contributed by atoms with E-state index in [0.29, 0.717) is 11.4 Å². The Bertz CT molecular complexity index is 828. The van der Waals surface area contributed by atoms with Gasteiger partial charge in [-0.05, 0) is 49.2 Å². The number of allylic oxidation sites excluding steroid dienone is 4. The zero-order valence-electron chi connectivity index (χ0n) is 12.8. The Morgan fingerprint density at radius 2 is 1.96 bits per heavy atom. The second-order valence-electron chi connectivity index (χ2n) is 6.01. The van der Waals surface area contributed by atoms with Crippen LogP contribution in [0.2, 0.25) is 0 Å². The molecule has 0 saturated carbocycles. The van der Waals surface area contributed by atoms with Crippen molar-refractivity contribution < 1.29 is 18.6 Å². The Morgan fingerprint density at radius 3 is 2.70 bits per heavy atom. The van der Waals surface area contributed by atoms with Gasteiger partial charge in [-0.15, -0.1) is 0 Å². The van der Waals surface area contributed by atoms with Gasteiger partial charge in [-0.1, -0.05) is 17.7 Å². The van der Waals surface area contributed by atoms with Crippen molar-refractivity contribution in [1.29, 1.82) is 0 Å². The van der Waals surface area contributed by atoms with E-state index in [2.05, 4.69) is 5.32 Å². The molecule has 2 atom stereocenters. The Kier molecular flexibility index (Phi) is 4.28. The zero-order valence-corrected chi connectivity index (χ0v) is 13.6. The number of phenolic OH excluding ortho intramolecular Hbond substituents is 2. The van der Waals surface area contributed by atoms with E-state index in [1.807, 2.05) is 19.1 Å². The van der Waals surface area contributed by atoms with Gasteiger partial charge in [-0.25, -0.2) is 0 Å². The van der Waals surface area contributed by atoms with Crippen LogP contribution in [0.25, 0.3) is 0 Å². The van der Waals surface area contributed by atoms with Crippen LogP contribution in [-0.2, 0) is 16.7 Å². The van der Waals surface area contributed by atoms with Crippen LogP contribution in [0.15, 0.2) is 35.9 Å². The normalized spacial score (nSPS) is 23.9. The summed E-state index contributed by atoms with van der Waals surface area (Å²) in [6.45, 7) is 3.22. The summed E-state index contributed by atoms with van der Waals surface area (Å²) < 4.78 is 23.3. The van der Waals surface area contributed by atoms with Gasteiger partial charge in [0.05, 0.1) is 4.86 Å². The molecule has 1 aliphatic heterocycles. The Morgan fingerprint density at radius 1 is 1.22 bits per heavy atom. The van der Waals surface area contributed by atoms with Gasteiger partial charge in [-0.2, -0.15) is 8.42 Å². The molecule has 0 amide bonds. The maximum absolute atomic E-state index is 11.6. The molecule has 0 aromatic heterocycles. The van der Waals surface area contributed by atoms with Crippen LogP contribution < -0.4 is 5.32 Å². The maximum Gasteiger partial charge on any atom is 0.217 e. The number of phenols is 2. The molecule has 3 rings (SSSR count). The Hall–Kier alpha value is -2.05. The van der Waals surface area contributed by atoms with Gasteiger partial charge in [0.15, 0.2) is 11.5 Å². The summed E-state index contributed by atoms with van der Waals surface area (Å²) in [5.74, 6) is -0.722. The Labute approximate surface area is 136 Å². The lowest BCUT2D eigenvalue weighted by Gasteiger charge is -2.27. The van der Waals surface area contributed by atoms with E-state index in [1.165, 1.54) is 0 Å². The summed E-state index contributed by atoms with van der Waals surface area (Å²) in [5.41, 5.74) is 2.72. The Balaban J connectivity index is 2.12. The molecular formula is C17H19NO4S. The van der Waals surface area contributed by atoms with Gasteiger partial charge in [0, 0.05) is 18.4 Å². The molecule has 1 heterocycles. The van der Waals surface area contributed by atoms with Crippen molar-refractivity contribution >= 4 is 15.2 Å². The van der Waals surface area contributed by atoms with Crippen molar-refractivity contribution in [3.05, 3.63) is 47.1 Å². The lowest BCUT2D eigenvalue weighted by Crippen LogP contribution is -2.29. The zero-order chi connectivity index (χ0) is 16.6. The van der Waals surface area contributed by atoms with Gasteiger partial charge < -0.3 is 15.5 Å². The largest absolute Gasteiger partial charge is 0.504 e. The number of fused-ring (bicyclic) bond motifs is 1. The topological polar surface area (TPSA) is 86.6 Å². The van der Waals surface area contributed by atoms with Gasteiger partial charge in [0.2, 0.25) is 10.3 Å². The van der Waals surface area contributed by atoms with Crippen molar-refractivity contribution in [2.45, 2.75) is 19.3 Å². The van der Waals surface area contributed by atoms with Crippen molar-refractivity contribution in [2.75, 3.05) is 13.1 Å². The first kappa shape index (κ1) is 15.8. The molecule has 122 valence electrons. The fraction of sp³-hybridized carbons (Fsp3) is 0.353. The molecule has 0 saturated heterocycles. The number of benzene rings is 1. The molecule has 1 aliphatic carbocycles. The molecule has 6 heteroatoms. The first-order valence-corrected chi connectivity index (χ1v) is 8.63. The summed E-state index contributed by atoms with van der Waals surface area (Å²) in [6, 6.07) is 3.14. The number of nitrogens with one attached hydrogen (secondary N) is 1. The molecule has 23 heavy (non-hydrogen) atoms. The first-order valence-electron chi connectivity index (χ1n) is 7.55. The minimum Gasteiger partial charge on any atom is -0.504 e. The highest BCUT2D eigenvalue weighted by molar-refractivity contribution is 7.73. The summed E-state index contributed by atoms with van der Waals surface area (Å²) in [7, 11) is -2.30. The van der Waals surface area contributed by atoms with E-state index < -0.39 is 10.3 Å². The minimum absolute atomic E-state index is 0.118. The molecule has 0 fully saturated rings. The van der Waals surface area contributed by atoms with E-state index >= 15 is 0 Å². The fourth-order valence-electron chi connectivity index (χ4n) is 3.32. The third kappa shape index (κ3) is 3.04. The van der Waals surface area contributed by atoms with Crippen molar-refractivity contribution in [3.63, 3.8) is 0 Å². The highest BCUT2D eigenvalue weighted by Gasteiger charge is 2.30. The lowest BCUT2D eigenvalue weighted by atomic mass is 9.79. The van der Waals surface area contributed by atoms with Crippen molar-refractivity contribution in [1.82, 2.24) is 5.32 Å². The van der Waals surface area contributed by atoms with E-state index in [1.54, 1.807) is 18.2 Å². The van der Waals surface area contributed by atoms with Crippen LogP contribution in [-0.4, -0.2) is 36.6 Å². The monoisotopic (exact) mass is 333 g/mol. The second kappa shape index (κ2) is 6.22. The third-order valence-corrected chi connectivity index (χ3v) is 5.24. The summed E-state index contributed by atoms with van der Waals surface area (Å²) in [5, 5.41) is 22.9. The molecule has 1 aromatic carbocycles. The van der Waals surface area contributed by atoms with Crippen LogP contribution in [0.4, 0.5) is 0 Å². The fourth-order valence-corrected chi connectivity index (χ4v) is 4.07. The standard InChI is InChI=1S/C17H19NO4S/c1-10-2-3-12(17(6-10)23(21)22)14-9-18-5-4-11-7-15(19)16(20)8-13(11)14/h2-3,6-8,12,14,18-20H,4-5,9H2,1H3. The lowest BCUT2D eigenvalue weighted by molar-refractivity contribution is 0.402. The predicted molar refractivity (Wildman–Crippen MR) is 89.4 cm³/mol. The molecule has 0 radical (unpaired) electrons. The van der Waals surface area contributed by atoms with Crippen molar-refractivity contribution in [2.24, 2.45) is 5.92 Å². The maximum atomic E-state index is 11.6. The van der Waals surface area contributed by atoms with Crippen LogP contribution in [0, 0.1) is 5.92 Å². The second-order valence-corrected chi connectivity index (χ2v) is 6.95. The van der Waals surface area contributed by atoms with E-state index in [0.717, 1.165) is 29.7 Å². The third-order valence-electron chi connectivity index (χ3n) is 4.46. The molecule has 0 spiro atoms. The van der Waals surface area contributed by atoms with Crippen LogP contribution in [0.1, 0.15) is 24.0 Å². The molecule has 2 aliphatic rings.